The lowest BCUT2D eigenvalue weighted by atomic mass is 10.0. The van der Waals surface area contributed by atoms with Crippen molar-refractivity contribution in [3.05, 3.63) is 0 Å². The fraction of sp³-hybridized carbons (Fsp3) is 0.818. The molecule has 0 saturated carbocycles. The lowest BCUT2D eigenvalue weighted by Crippen LogP contribution is -2.17. The molecule has 1 aliphatic rings. The Balaban J connectivity index is 2.23. The summed E-state index contributed by atoms with van der Waals surface area (Å²) in [5, 5.41) is 8.71. The highest BCUT2D eigenvalue weighted by molar-refractivity contribution is 5.95. The van der Waals surface area contributed by atoms with E-state index in [4.69, 9.17) is 9.84 Å². The van der Waals surface area contributed by atoms with Crippen LogP contribution < -0.4 is 0 Å². The Morgan fingerprint density at radius 2 is 2.20 bits per heavy atom. The number of hydrogen-bond acceptors (Lipinski definition) is 3. The lowest BCUT2D eigenvalue weighted by Gasteiger charge is -2.07. The second kappa shape index (κ2) is 5.73. The van der Waals surface area contributed by atoms with Gasteiger partial charge in [-0.2, -0.15) is 0 Å². The van der Waals surface area contributed by atoms with Gasteiger partial charge in [-0.15, -0.1) is 0 Å². The minimum Gasteiger partial charge on any atom is -0.481 e. The Labute approximate surface area is 89.6 Å². The van der Waals surface area contributed by atoms with E-state index in [1.165, 1.54) is 12.8 Å². The molecule has 0 amide bonds. The largest absolute Gasteiger partial charge is 0.481 e. The minimum atomic E-state index is -1.06. The summed E-state index contributed by atoms with van der Waals surface area (Å²) in [6.07, 6.45) is 5.47. The highest BCUT2D eigenvalue weighted by Gasteiger charge is 2.38. The molecule has 0 spiro atoms. The molecule has 1 N–H and O–H groups in total. The normalized spacial score (nSPS) is 25.3. The molecule has 2 unspecified atom stereocenters. The number of rotatable bonds is 6. The third-order valence-electron chi connectivity index (χ3n) is 2.74. The van der Waals surface area contributed by atoms with Gasteiger partial charge in [-0.25, -0.2) is 0 Å². The molecule has 0 aromatic rings. The van der Waals surface area contributed by atoms with Crippen LogP contribution in [0.2, 0.25) is 0 Å². The number of unbranched alkanes of at least 4 members (excludes halogenated alkanes) is 3. The number of carboxylic acids is 1. The van der Waals surface area contributed by atoms with Crippen LogP contribution in [0.1, 0.15) is 45.4 Å². The van der Waals surface area contributed by atoms with Gasteiger partial charge in [0.1, 0.15) is 6.10 Å². The van der Waals surface area contributed by atoms with Gasteiger partial charge in [-0.3, -0.25) is 9.59 Å². The van der Waals surface area contributed by atoms with Crippen molar-refractivity contribution in [3.8, 4) is 0 Å². The molecule has 15 heavy (non-hydrogen) atoms. The van der Waals surface area contributed by atoms with Crippen molar-refractivity contribution in [3.63, 3.8) is 0 Å². The summed E-state index contributed by atoms with van der Waals surface area (Å²) in [4.78, 5) is 21.7. The SMILES string of the molecule is CCCCCCC1CC(C(=O)O)C(=O)O1. The Kier molecular flexibility index (Phi) is 4.59. The molecule has 2 atom stereocenters. The number of ether oxygens (including phenoxy) is 1. The average molecular weight is 214 g/mol. The van der Waals surface area contributed by atoms with E-state index in [9.17, 15) is 9.59 Å². The van der Waals surface area contributed by atoms with E-state index in [1.807, 2.05) is 0 Å². The summed E-state index contributed by atoms with van der Waals surface area (Å²) in [6.45, 7) is 2.13. The molecule has 4 heteroatoms. The van der Waals surface area contributed by atoms with Crippen LogP contribution in [-0.2, 0) is 14.3 Å². The van der Waals surface area contributed by atoms with Gasteiger partial charge in [0.15, 0.2) is 5.92 Å². The Bertz CT molecular complexity index is 237. The number of aliphatic carboxylic acids is 1. The van der Waals surface area contributed by atoms with E-state index >= 15 is 0 Å². The first kappa shape index (κ1) is 12.0. The molecule has 4 nitrogen and oxygen atoms in total. The fourth-order valence-electron chi connectivity index (χ4n) is 1.83. The summed E-state index contributed by atoms with van der Waals surface area (Å²) in [6, 6.07) is 0. The molecule has 1 rings (SSSR count). The first-order chi connectivity index (χ1) is 7.15. The van der Waals surface area contributed by atoms with E-state index in [1.54, 1.807) is 0 Å². The predicted molar refractivity (Wildman–Crippen MR) is 54.4 cm³/mol. The smallest absolute Gasteiger partial charge is 0.320 e. The predicted octanol–water partition coefficient (Wildman–Crippen LogP) is 1.97. The summed E-state index contributed by atoms with van der Waals surface area (Å²) in [5.41, 5.74) is 0. The van der Waals surface area contributed by atoms with Crippen LogP contribution in [0.4, 0.5) is 0 Å². The summed E-state index contributed by atoms with van der Waals surface area (Å²) < 4.78 is 5.00. The molecule has 1 heterocycles. The number of hydrogen-bond donors (Lipinski definition) is 1. The van der Waals surface area contributed by atoms with Crippen LogP contribution in [0.15, 0.2) is 0 Å². The Morgan fingerprint density at radius 1 is 1.47 bits per heavy atom. The summed E-state index contributed by atoms with van der Waals surface area (Å²) in [7, 11) is 0. The summed E-state index contributed by atoms with van der Waals surface area (Å²) in [5.74, 6) is -2.56. The Morgan fingerprint density at radius 3 is 2.73 bits per heavy atom. The van der Waals surface area contributed by atoms with Crippen molar-refractivity contribution in [2.24, 2.45) is 5.92 Å². The number of esters is 1. The van der Waals surface area contributed by atoms with Gasteiger partial charge in [0.25, 0.3) is 0 Å². The molecule has 1 saturated heterocycles. The van der Waals surface area contributed by atoms with Crippen LogP contribution in [0, 0.1) is 5.92 Å². The van der Waals surface area contributed by atoms with Gasteiger partial charge >= 0.3 is 11.9 Å². The molecule has 0 radical (unpaired) electrons. The van der Waals surface area contributed by atoms with Crippen LogP contribution >= 0.6 is 0 Å². The lowest BCUT2D eigenvalue weighted by molar-refractivity contribution is -0.152. The second-order valence-electron chi connectivity index (χ2n) is 4.03. The van der Waals surface area contributed by atoms with Crippen molar-refractivity contribution in [1.82, 2.24) is 0 Å². The molecule has 1 aliphatic heterocycles. The fourth-order valence-corrected chi connectivity index (χ4v) is 1.83. The molecule has 86 valence electrons. The van der Waals surface area contributed by atoms with Gasteiger partial charge in [-0.1, -0.05) is 26.2 Å². The van der Waals surface area contributed by atoms with Gasteiger partial charge in [0.2, 0.25) is 0 Å². The highest BCUT2D eigenvalue weighted by atomic mass is 16.6. The number of carbonyl (C=O) groups is 2. The maximum atomic E-state index is 11.1. The zero-order chi connectivity index (χ0) is 11.3. The van der Waals surface area contributed by atoms with Crippen molar-refractivity contribution in [2.75, 3.05) is 0 Å². The Hall–Kier alpha value is -1.06. The first-order valence-corrected chi connectivity index (χ1v) is 5.58. The van der Waals surface area contributed by atoms with Crippen molar-refractivity contribution < 1.29 is 19.4 Å². The van der Waals surface area contributed by atoms with Crippen molar-refractivity contribution >= 4 is 11.9 Å². The molecular weight excluding hydrogens is 196 g/mol. The molecule has 1 fully saturated rings. The molecule has 0 aromatic carbocycles. The van der Waals surface area contributed by atoms with Crippen LogP contribution in [0.25, 0.3) is 0 Å². The second-order valence-corrected chi connectivity index (χ2v) is 4.03. The molecule has 0 aromatic heterocycles. The number of carboxylic acid groups (broad SMARTS) is 1. The molecule has 0 bridgehead atoms. The minimum absolute atomic E-state index is 0.171. The first-order valence-electron chi connectivity index (χ1n) is 5.58. The quantitative estimate of drug-likeness (QED) is 0.417. The molecular formula is C11H18O4. The van der Waals surface area contributed by atoms with Crippen LogP contribution in [0.5, 0.6) is 0 Å². The van der Waals surface area contributed by atoms with Gasteiger partial charge in [0.05, 0.1) is 0 Å². The van der Waals surface area contributed by atoms with Crippen LogP contribution in [-0.4, -0.2) is 23.1 Å². The zero-order valence-corrected chi connectivity index (χ0v) is 9.07. The maximum absolute atomic E-state index is 11.1. The highest BCUT2D eigenvalue weighted by Crippen LogP contribution is 2.25. The third-order valence-corrected chi connectivity index (χ3v) is 2.74. The van der Waals surface area contributed by atoms with Gasteiger partial charge < -0.3 is 9.84 Å². The van der Waals surface area contributed by atoms with Crippen LogP contribution in [0.3, 0.4) is 0 Å². The van der Waals surface area contributed by atoms with Crippen molar-refractivity contribution in [2.45, 2.75) is 51.6 Å². The topological polar surface area (TPSA) is 63.6 Å². The van der Waals surface area contributed by atoms with Gasteiger partial charge in [-0.05, 0) is 12.8 Å². The van der Waals surface area contributed by atoms with E-state index in [2.05, 4.69) is 6.92 Å². The van der Waals surface area contributed by atoms with Gasteiger partial charge in [0, 0.05) is 6.42 Å². The average Bonchev–Trinajstić information content (AvgIpc) is 2.55. The standard InChI is InChI=1S/C11H18O4/c1-2-3-4-5-6-8-7-9(10(12)13)11(14)15-8/h8-9H,2-7H2,1H3,(H,12,13). The third kappa shape index (κ3) is 3.53. The maximum Gasteiger partial charge on any atom is 0.320 e. The monoisotopic (exact) mass is 214 g/mol. The van der Waals surface area contributed by atoms with E-state index < -0.39 is 17.9 Å². The van der Waals surface area contributed by atoms with E-state index in [0.29, 0.717) is 6.42 Å². The number of cyclic esters (lactones) is 1. The number of carbonyl (C=O) groups excluding carboxylic acids is 1. The van der Waals surface area contributed by atoms with E-state index in [0.717, 1.165) is 19.3 Å². The van der Waals surface area contributed by atoms with Crippen molar-refractivity contribution in [1.29, 1.82) is 0 Å². The summed E-state index contributed by atoms with van der Waals surface area (Å²) >= 11 is 0. The molecule has 0 aliphatic carbocycles. The zero-order valence-electron chi connectivity index (χ0n) is 9.07. The van der Waals surface area contributed by atoms with E-state index in [-0.39, 0.29) is 6.10 Å².